The van der Waals surface area contributed by atoms with E-state index >= 15 is 0 Å². The van der Waals surface area contributed by atoms with Crippen LogP contribution in [0.5, 0.6) is 0 Å². The largest absolute Gasteiger partial charge is 0.364 e. The molecule has 23 heavy (non-hydrogen) atoms. The minimum absolute atomic E-state index is 0.210. The highest BCUT2D eigenvalue weighted by Gasteiger charge is 2.23. The molecule has 7 heteroatoms. The Morgan fingerprint density at radius 2 is 1.74 bits per heavy atom. The number of H-pyrrole nitrogens is 1. The monoisotopic (exact) mass is 311 g/mol. The van der Waals surface area contributed by atoms with Gasteiger partial charge in [0.1, 0.15) is 11.5 Å². The number of primary amides is 1. The topological polar surface area (TPSA) is 92.2 Å². The number of nitroso groups, excluding NO2 is 1. The zero-order chi connectivity index (χ0) is 16.4. The van der Waals surface area contributed by atoms with Crippen LogP contribution in [0.25, 0.3) is 16.9 Å². The van der Waals surface area contributed by atoms with Crippen molar-refractivity contribution in [1.82, 2.24) is 5.10 Å². The molecule has 0 radical (unpaired) electrons. The summed E-state index contributed by atoms with van der Waals surface area (Å²) in [4.78, 5) is 22.0. The van der Waals surface area contributed by atoms with Crippen LogP contribution in [0.15, 0.2) is 59.8 Å². The third kappa shape index (κ3) is 2.84. The summed E-state index contributed by atoms with van der Waals surface area (Å²) >= 11 is 0. The van der Waals surface area contributed by atoms with Gasteiger partial charge in [-0.3, -0.25) is 4.79 Å². The van der Waals surface area contributed by atoms with Gasteiger partial charge in [0.25, 0.3) is 5.91 Å². The highest BCUT2D eigenvalue weighted by atomic mass is 19.1. The highest BCUT2D eigenvalue weighted by molar-refractivity contribution is 5.91. The van der Waals surface area contributed by atoms with E-state index in [0.29, 0.717) is 22.6 Å². The molecule has 0 saturated heterocycles. The van der Waals surface area contributed by atoms with Crippen LogP contribution in [-0.4, -0.2) is 11.0 Å². The molecule has 0 unspecified atom stereocenters. The first-order valence-corrected chi connectivity index (χ1v) is 6.73. The predicted octanol–water partition coefficient (Wildman–Crippen LogP) is 2.59. The normalized spacial score (nSPS) is 10.5. The van der Waals surface area contributed by atoms with E-state index in [-0.39, 0.29) is 11.5 Å². The van der Waals surface area contributed by atoms with Crippen LogP contribution < -0.4 is 10.4 Å². The summed E-state index contributed by atoms with van der Waals surface area (Å²) in [6.07, 6.45) is 0. The number of halogens is 1. The molecule has 0 aliphatic heterocycles. The minimum atomic E-state index is -0.613. The Bertz CT molecular complexity index is 870. The molecular weight excluding hydrogens is 299 g/mol. The summed E-state index contributed by atoms with van der Waals surface area (Å²) in [5, 5.41) is 5.73. The lowest BCUT2D eigenvalue weighted by atomic mass is 10.1. The third-order valence-electron chi connectivity index (χ3n) is 3.37. The fourth-order valence-electron chi connectivity index (χ4n) is 2.24. The number of rotatable bonds is 4. The van der Waals surface area contributed by atoms with E-state index in [1.54, 1.807) is 47.1 Å². The van der Waals surface area contributed by atoms with Crippen molar-refractivity contribution in [2.75, 3.05) is 0 Å². The molecule has 1 aromatic heterocycles. The Hall–Kier alpha value is -3.35. The Balaban J connectivity index is 2.15. The van der Waals surface area contributed by atoms with Gasteiger partial charge in [0.15, 0.2) is 5.69 Å². The molecule has 0 aliphatic rings. The molecule has 0 spiro atoms. The number of carbonyl (C=O) groups excluding carboxylic acids is 1. The Labute approximate surface area is 130 Å². The van der Waals surface area contributed by atoms with E-state index in [9.17, 15) is 14.1 Å². The van der Waals surface area contributed by atoms with Gasteiger partial charge in [-0.25, -0.2) is 4.39 Å². The summed E-state index contributed by atoms with van der Waals surface area (Å²) in [6.45, 7) is 0. The van der Waals surface area contributed by atoms with E-state index in [1.807, 2.05) is 0 Å². The standard InChI is InChI=1S/C16H11FN4O2/c17-11-3-1-10(2-4-11)15-9-14(16(18)22)19-21(15)13-7-5-12(20-23)6-8-13/h1-9H,(H2,18,22)/p+1. The second-order valence-electron chi connectivity index (χ2n) is 4.87. The molecule has 3 rings (SSSR count). The Morgan fingerprint density at radius 3 is 2.30 bits per heavy atom. The van der Waals surface area contributed by atoms with E-state index in [1.165, 1.54) is 12.1 Å². The molecule has 6 nitrogen and oxygen atoms in total. The molecule has 0 bridgehead atoms. The summed E-state index contributed by atoms with van der Waals surface area (Å²) < 4.78 is 14.7. The molecule has 0 atom stereocenters. The lowest BCUT2D eigenvalue weighted by Crippen LogP contribution is -2.35. The number of nitrogens with two attached hydrogens (primary N) is 1. The van der Waals surface area contributed by atoms with Crippen LogP contribution in [0, 0.1) is 10.7 Å². The van der Waals surface area contributed by atoms with Gasteiger partial charge in [-0.05, 0) is 41.6 Å². The van der Waals surface area contributed by atoms with Crippen LogP contribution >= 0.6 is 0 Å². The van der Waals surface area contributed by atoms with Crippen molar-refractivity contribution in [1.29, 1.82) is 0 Å². The number of hydrogen-bond donors (Lipinski definition) is 2. The smallest absolute Gasteiger partial charge is 0.270 e. The molecule has 3 aromatic rings. The molecule has 114 valence electrons. The van der Waals surface area contributed by atoms with Crippen LogP contribution in [0.3, 0.4) is 0 Å². The number of benzene rings is 2. The number of nitrogens with zero attached hydrogens (tertiary/aromatic N) is 2. The van der Waals surface area contributed by atoms with E-state index in [4.69, 9.17) is 5.73 Å². The molecule has 2 aromatic carbocycles. The van der Waals surface area contributed by atoms with E-state index < -0.39 is 5.91 Å². The summed E-state index contributed by atoms with van der Waals surface area (Å²) in [7, 11) is 0. The number of aromatic amines is 1. The second-order valence-corrected chi connectivity index (χ2v) is 4.87. The molecular formula is C16H12FN4O2+. The van der Waals surface area contributed by atoms with Crippen molar-refractivity contribution in [3.8, 4) is 16.9 Å². The fraction of sp³-hybridized carbons (Fsp3) is 0. The van der Waals surface area contributed by atoms with Gasteiger partial charge in [-0.1, -0.05) is 4.68 Å². The average Bonchev–Trinajstić information content (AvgIpc) is 3.01. The lowest BCUT2D eigenvalue weighted by molar-refractivity contribution is -0.644. The molecule has 0 aliphatic carbocycles. The highest BCUT2D eigenvalue weighted by Crippen LogP contribution is 2.20. The van der Waals surface area contributed by atoms with E-state index in [0.717, 1.165) is 0 Å². The number of hydrogen-bond acceptors (Lipinski definition) is 3. The summed E-state index contributed by atoms with van der Waals surface area (Å²) in [6, 6.07) is 13.9. The van der Waals surface area contributed by atoms with Crippen LogP contribution in [0.1, 0.15) is 10.5 Å². The Morgan fingerprint density at radius 1 is 1.09 bits per heavy atom. The maximum Gasteiger partial charge on any atom is 0.270 e. The second kappa shape index (κ2) is 5.80. The predicted molar refractivity (Wildman–Crippen MR) is 81.7 cm³/mol. The summed E-state index contributed by atoms with van der Waals surface area (Å²) in [5.41, 5.74) is 7.83. The maximum atomic E-state index is 13.1. The molecule has 0 saturated carbocycles. The summed E-state index contributed by atoms with van der Waals surface area (Å²) in [5.74, 6) is -0.967. The first-order valence-electron chi connectivity index (χ1n) is 6.73. The van der Waals surface area contributed by atoms with Crippen molar-refractivity contribution in [3.63, 3.8) is 0 Å². The van der Waals surface area contributed by atoms with Gasteiger partial charge in [-0.2, -0.15) is 5.10 Å². The van der Waals surface area contributed by atoms with E-state index in [2.05, 4.69) is 10.3 Å². The molecule has 3 N–H and O–H groups in total. The number of nitrogens with one attached hydrogen (secondary N) is 1. The van der Waals surface area contributed by atoms with Crippen LogP contribution in [-0.2, 0) is 0 Å². The van der Waals surface area contributed by atoms with Gasteiger partial charge in [0.2, 0.25) is 11.4 Å². The molecule has 1 heterocycles. The first-order chi connectivity index (χ1) is 11.1. The van der Waals surface area contributed by atoms with Gasteiger partial charge in [0, 0.05) is 23.8 Å². The molecule has 0 fully saturated rings. The average molecular weight is 311 g/mol. The van der Waals surface area contributed by atoms with Gasteiger partial charge in [0.05, 0.1) is 0 Å². The van der Waals surface area contributed by atoms with Gasteiger partial charge in [-0.15, -0.1) is 4.91 Å². The van der Waals surface area contributed by atoms with Crippen molar-refractivity contribution < 1.29 is 13.9 Å². The van der Waals surface area contributed by atoms with Crippen molar-refractivity contribution in [3.05, 3.63) is 71.0 Å². The SMILES string of the molecule is NC(=O)c1cc(-c2ccc(F)cc2)[n+](-c2ccc(N=O)cc2)[nH]1. The first kappa shape index (κ1) is 14.6. The van der Waals surface area contributed by atoms with Crippen LogP contribution in [0.4, 0.5) is 10.1 Å². The fourth-order valence-corrected chi connectivity index (χ4v) is 2.24. The zero-order valence-electron chi connectivity index (χ0n) is 11.9. The number of carbonyl (C=O) groups is 1. The maximum absolute atomic E-state index is 13.1. The Kier molecular flexibility index (Phi) is 3.68. The minimum Gasteiger partial charge on any atom is -0.364 e. The van der Waals surface area contributed by atoms with Crippen molar-refractivity contribution >= 4 is 11.6 Å². The molecule has 1 amide bonds. The lowest BCUT2D eigenvalue weighted by Gasteiger charge is -1.98. The third-order valence-corrected chi connectivity index (χ3v) is 3.37. The van der Waals surface area contributed by atoms with Crippen LogP contribution in [0.2, 0.25) is 0 Å². The van der Waals surface area contributed by atoms with Crippen molar-refractivity contribution in [2.24, 2.45) is 10.9 Å². The van der Waals surface area contributed by atoms with Crippen molar-refractivity contribution in [2.45, 2.75) is 0 Å². The van der Waals surface area contributed by atoms with Gasteiger partial charge < -0.3 is 5.73 Å². The quantitative estimate of drug-likeness (QED) is 0.572. The number of aromatic nitrogens is 2. The zero-order valence-corrected chi connectivity index (χ0v) is 11.9. The van der Waals surface area contributed by atoms with Gasteiger partial charge >= 0.3 is 0 Å². The number of amides is 1.